The summed E-state index contributed by atoms with van der Waals surface area (Å²) >= 11 is 0. The molecule has 110 valence electrons. The number of carbonyl (C=O) groups is 1. The number of hydrogen-bond donors (Lipinski definition) is 1. The predicted molar refractivity (Wildman–Crippen MR) is 80.3 cm³/mol. The topological polar surface area (TPSA) is 55.8 Å². The van der Waals surface area contributed by atoms with Crippen LogP contribution in [0.15, 0.2) is 42.5 Å². The summed E-state index contributed by atoms with van der Waals surface area (Å²) < 4.78 is 11.1. The monoisotopic (exact) mass is 286 g/mol. The fourth-order valence-electron chi connectivity index (χ4n) is 1.95. The fourth-order valence-corrected chi connectivity index (χ4v) is 1.95. The summed E-state index contributed by atoms with van der Waals surface area (Å²) in [5.41, 5.74) is 2.18. The quantitative estimate of drug-likeness (QED) is 0.826. The van der Waals surface area contributed by atoms with Gasteiger partial charge in [0, 0.05) is 0 Å². The number of rotatable bonds is 6. The summed E-state index contributed by atoms with van der Waals surface area (Å²) in [5, 5.41) is 9.14. The van der Waals surface area contributed by atoms with Crippen LogP contribution in [0.1, 0.15) is 21.5 Å². The number of hydrogen-bond acceptors (Lipinski definition) is 3. The van der Waals surface area contributed by atoms with Gasteiger partial charge in [0.15, 0.2) is 0 Å². The molecule has 0 saturated carbocycles. The summed E-state index contributed by atoms with van der Waals surface area (Å²) in [6.45, 7) is 4.49. The van der Waals surface area contributed by atoms with Crippen molar-refractivity contribution in [3.05, 3.63) is 59.2 Å². The molecule has 0 aliphatic rings. The van der Waals surface area contributed by atoms with Gasteiger partial charge in [-0.15, -0.1) is 0 Å². The lowest BCUT2D eigenvalue weighted by atomic mass is 10.1. The van der Waals surface area contributed by atoms with Crippen molar-refractivity contribution < 1.29 is 19.4 Å². The van der Waals surface area contributed by atoms with Crippen LogP contribution in [0, 0.1) is 13.8 Å². The fraction of sp³-hybridized carbons (Fsp3) is 0.235. The van der Waals surface area contributed by atoms with Gasteiger partial charge in [-0.2, -0.15) is 0 Å². The third-order valence-corrected chi connectivity index (χ3v) is 2.96. The highest BCUT2D eigenvalue weighted by atomic mass is 16.5. The molecule has 4 heteroatoms. The number of carboxylic acids is 1. The van der Waals surface area contributed by atoms with E-state index in [-0.39, 0.29) is 12.2 Å². The lowest BCUT2D eigenvalue weighted by molar-refractivity contribution is 0.0691. The highest BCUT2D eigenvalue weighted by Crippen LogP contribution is 2.20. The molecule has 0 aliphatic heterocycles. The first-order valence-corrected chi connectivity index (χ1v) is 6.72. The molecule has 4 nitrogen and oxygen atoms in total. The third-order valence-electron chi connectivity index (χ3n) is 2.96. The average molecular weight is 286 g/mol. The van der Waals surface area contributed by atoms with Gasteiger partial charge >= 0.3 is 5.97 Å². The lowest BCUT2D eigenvalue weighted by Gasteiger charge is -2.11. The van der Waals surface area contributed by atoms with Gasteiger partial charge in [0.2, 0.25) is 0 Å². The van der Waals surface area contributed by atoms with E-state index >= 15 is 0 Å². The van der Waals surface area contributed by atoms with Crippen molar-refractivity contribution in [2.75, 3.05) is 13.2 Å². The molecule has 0 fully saturated rings. The van der Waals surface area contributed by atoms with Crippen LogP contribution in [0.2, 0.25) is 0 Å². The molecule has 0 spiro atoms. The van der Waals surface area contributed by atoms with E-state index in [0.717, 1.165) is 16.9 Å². The molecule has 1 N–H and O–H groups in total. The van der Waals surface area contributed by atoms with E-state index in [1.165, 1.54) is 0 Å². The van der Waals surface area contributed by atoms with Crippen molar-refractivity contribution in [1.82, 2.24) is 0 Å². The van der Waals surface area contributed by atoms with Crippen molar-refractivity contribution in [3.8, 4) is 11.5 Å². The van der Waals surface area contributed by atoms with Crippen molar-refractivity contribution in [2.24, 2.45) is 0 Å². The first-order valence-electron chi connectivity index (χ1n) is 6.72. The molecule has 21 heavy (non-hydrogen) atoms. The number of ether oxygens (including phenoxy) is 2. The van der Waals surface area contributed by atoms with Crippen LogP contribution in [-0.4, -0.2) is 24.3 Å². The van der Waals surface area contributed by atoms with Crippen molar-refractivity contribution in [1.29, 1.82) is 0 Å². The molecule has 0 atom stereocenters. The van der Waals surface area contributed by atoms with E-state index in [4.69, 9.17) is 14.6 Å². The van der Waals surface area contributed by atoms with Gasteiger partial charge in [-0.05, 0) is 43.7 Å². The zero-order valence-corrected chi connectivity index (χ0v) is 12.1. The second kappa shape index (κ2) is 6.79. The summed E-state index contributed by atoms with van der Waals surface area (Å²) in [6.07, 6.45) is 0. The Bertz CT molecular complexity index is 634. The molecule has 0 radical (unpaired) electrons. The van der Waals surface area contributed by atoms with E-state index in [2.05, 4.69) is 0 Å². The maximum absolute atomic E-state index is 11.2. The second-order valence-corrected chi connectivity index (χ2v) is 4.82. The van der Waals surface area contributed by atoms with E-state index in [1.54, 1.807) is 12.1 Å². The minimum absolute atomic E-state index is 0.172. The minimum atomic E-state index is -0.992. The molecule has 2 aromatic rings. The minimum Gasteiger partial charge on any atom is -0.490 e. The summed E-state index contributed by atoms with van der Waals surface area (Å²) in [6, 6.07) is 12.8. The molecular weight excluding hydrogens is 268 g/mol. The standard InChI is InChI=1S/C17H18O4/c1-12-4-3-5-14(10-12)20-8-9-21-16-7-6-13(2)11-15(16)17(18)19/h3-7,10-11H,8-9H2,1-2H3,(H,18,19). The number of benzene rings is 2. The summed E-state index contributed by atoms with van der Waals surface area (Å²) in [4.78, 5) is 11.2. The Morgan fingerprint density at radius 2 is 1.71 bits per heavy atom. The zero-order valence-electron chi connectivity index (χ0n) is 12.1. The molecule has 0 unspecified atom stereocenters. The van der Waals surface area contributed by atoms with E-state index in [9.17, 15) is 4.79 Å². The van der Waals surface area contributed by atoms with Gasteiger partial charge in [0.25, 0.3) is 0 Å². The van der Waals surface area contributed by atoms with Crippen LogP contribution in [0.4, 0.5) is 0 Å². The van der Waals surface area contributed by atoms with Crippen molar-refractivity contribution in [3.63, 3.8) is 0 Å². The molecule has 0 amide bonds. The summed E-state index contributed by atoms with van der Waals surface area (Å²) in [7, 11) is 0. The largest absolute Gasteiger partial charge is 0.490 e. The van der Waals surface area contributed by atoms with E-state index in [0.29, 0.717) is 12.4 Å². The van der Waals surface area contributed by atoms with Crippen LogP contribution >= 0.6 is 0 Å². The molecule has 0 saturated heterocycles. The Labute approximate surface area is 123 Å². The van der Waals surface area contributed by atoms with Gasteiger partial charge in [-0.25, -0.2) is 4.79 Å². The first-order chi connectivity index (χ1) is 10.1. The highest BCUT2D eigenvalue weighted by molar-refractivity contribution is 5.91. The molecule has 0 aliphatic carbocycles. The van der Waals surface area contributed by atoms with Gasteiger partial charge < -0.3 is 14.6 Å². The Balaban J connectivity index is 1.90. The SMILES string of the molecule is Cc1cccc(OCCOc2ccc(C)cc2C(=O)O)c1. The van der Waals surface area contributed by atoms with E-state index < -0.39 is 5.97 Å². The molecular formula is C17H18O4. The summed E-state index contributed by atoms with van der Waals surface area (Å²) in [5.74, 6) is 0.148. The number of carboxylic acid groups (broad SMARTS) is 1. The predicted octanol–water partition coefficient (Wildman–Crippen LogP) is 3.46. The van der Waals surface area contributed by atoms with Gasteiger partial charge in [-0.3, -0.25) is 0 Å². The third kappa shape index (κ3) is 4.24. The molecule has 2 aromatic carbocycles. The number of aryl methyl sites for hydroxylation is 2. The Morgan fingerprint density at radius 3 is 2.43 bits per heavy atom. The Kier molecular flexibility index (Phi) is 4.82. The highest BCUT2D eigenvalue weighted by Gasteiger charge is 2.11. The van der Waals surface area contributed by atoms with Crippen LogP contribution in [0.25, 0.3) is 0 Å². The van der Waals surface area contributed by atoms with Crippen molar-refractivity contribution in [2.45, 2.75) is 13.8 Å². The molecule has 2 rings (SSSR count). The molecule has 0 bridgehead atoms. The van der Waals surface area contributed by atoms with Crippen LogP contribution in [0.5, 0.6) is 11.5 Å². The van der Waals surface area contributed by atoms with Crippen LogP contribution in [0.3, 0.4) is 0 Å². The second-order valence-electron chi connectivity index (χ2n) is 4.82. The number of aromatic carboxylic acids is 1. The molecule has 0 heterocycles. The zero-order chi connectivity index (χ0) is 15.2. The van der Waals surface area contributed by atoms with Gasteiger partial charge in [-0.1, -0.05) is 23.8 Å². The Morgan fingerprint density at radius 1 is 1.00 bits per heavy atom. The van der Waals surface area contributed by atoms with E-state index in [1.807, 2.05) is 44.2 Å². The maximum Gasteiger partial charge on any atom is 0.339 e. The van der Waals surface area contributed by atoms with Crippen molar-refractivity contribution >= 4 is 5.97 Å². The van der Waals surface area contributed by atoms with Gasteiger partial charge in [0.05, 0.1) is 0 Å². The van der Waals surface area contributed by atoms with Gasteiger partial charge in [0.1, 0.15) is 30.3 Å². The average Bonchev–Trinajstić information content (AvgIpc) is 2.44. The Hall–Kier alpha value is -2.49. The smallest absolute Gasteiger partial charge is 0.339 e. The van der Waals surface area contributed by atoms with Crippen LogP contribution < -0.4 is 9.47 Å². The normalized spacial score (nSPS) is 10.2. The lowest BCUT2D eigenvalue weighted by Crippen LogP contribution is -2.11. The molecule has 0 aromatic heterocycles. The first kappa shape index (κ1) is 14.9. The maximum atomic E-state index is 11.2. The van der Waals surface area contributed by atoms with Crippen LogP contribution in [-0.2, 0) is 0 Å².